The van der Waals surface area contributed by atoms with Crippen LogP contribution in [0.25, 0.3) is 10.2 Å². The average Bonchev–Trinajstić information content (AvgIpc) is 2.75. The van der Waals surface area contributed by atoms with Gasteiger partial charge in [0, 0.05) is 30.2 Å². The molecule has 0 amide bonds. The number of thiophene rings is 1. The van der Waals surface area contributed by atoms with Crippen molar-refractivity contribution >= 4 is 21.6 Å². The minimum atomic E-state index is 0.328. The molecule has 0 saturated carbocycles. The number of hydrogen-bond donors (Lipinski definition) is 1. The number of aromatic nitrogens is 1. The predicted octanol–water partition coefficient (Wildman–Crippen LogP) is 2.39. The van der Waals surface area contributed by atoms with Crippen LogP contribution in [0.15, 0.2) is 23.7 Å². The highest BCUT2D eigenvalue weighted by atomic mass is 32.1. The van der Waals surface area contributed by atoms with E-state index in [1.165, 1.54) is 10.9 Å². The Balaban J connectivity index is 1.92. The van der Waals surface area contributed by atoms with E-state index >= 15 is 0 Å². The van der Waals surface area contributed by atoms with Crippen LogP contribution in [-0.2, 0) is 0 Å². The lowest BCUT2D eigenvalue weighted by atomic mass is 9.94. The Morgan fingerprint density at radius 2 is 2.35 bits per heavy atom. The molecule has 1 aliphatic heterocycles. The Kier molecular flexibility index (Phi) is 2.86. The van der Waals surface area contributed by atoms with Crippen LogP contribution in [0.3, 0.4) is 0 Å². The SMILES string of the molecule is CN1CC(N)CCC1c1cnc2sccc2c1. The van der Waals surface area contributed by atoms with Crippen LogP contribution in [0.5, 0.6) is 0 Å². The Labute approximate surface area is 105 Å². The van der Waals surface area contributed by atoms with Crippen LogP contribution in [0.2, 0.25) is 0 Å². The Morgan fingerprint density at radius 3 is 3.18 bits per heavy atom. The maximum absolute atomic E-state index is 5.98. The van der Waals surface area contributed by atoms with Crippen molar-refractivity contribution in [2.75, 3.05) is 13.6 Å². The molecule has 0 aromatic carbocycles. The smallest absolute Gasteiger partial charge is 0.123 e. The Hall–Kier alpha value is -0.970. The second kappa shape index (κ2) is 4.37. The van der Waals surface area contributed by atoms with Crippen molar-refractivity contribution in [1.29, 1.82) is 0 Å². The summed E-state index contributed by atoms with van der Waals surface area (Å²) in [5, 5.41) is 3.36. The summed E-state index contributed by atoms with van der Waals surface area (Å²) in [6.07, 6.45) is 4.27. The third kappa shape index (κ3) is 2.08. The molecular formula is C13H17N3S. The molecule has 17 heavy (non-hydrogen) atoms. The zero-order valence-electron chi connectivity index (χ0n) is 9.97. The Bertz CT molecular complexity index is 522. The van der Waals surface area contributed by atoms with Gasteiger partial charge in [0.1, 0.15) is 4.83 Å². The minimum absolute atomic E-state index is 0.328. The van der Waals surface area contributed by atoms with Crippen molar-refractivity contribution in [1.82, 2.24) is 9.88 Å². The number of fused-ring (bicyclic) bond motifs is 1. The van der Waals surface area contributed by atoms with Gasteiger partial charge in [0.15, 0.2) is 0 Å². The molecule has 4 heteroatoms. The highest BCUT2D eigenvalue weighted by Crippen LogP contribution is 2.31. The minimum Gasteiger partial charge on any atom is -0.327 e. The maximum atomic E-state index is 5.98. The van der Waals surface area contributed by atoms with E-state index in [4.69, 9.17) is 5.73 Å². The van der Waals surface area contributed by atoms with Gasteiger partial charge in [-0.25, -0.2) is 4.98 Å². The zero-order valence-corrected chi connectivity index (χ0v) is 10.8. The highest BCUT2D eigenvalue weighted by molar-refractivity contribution is 7.16. The van der Waals surface area contributed by atoms with Crippen LogP contribution < -0.4 is 5.73 Å². The fraction of sp³-hybridized carbons (Fsp3) is 0.462. The van der Waals surface area contributed by atoms with E-state index in [1.807, 2.05) is 6.20 Å². The zero-order chi connectivity index (χ0) is 11.8. The third-order valence-electron chi connectivity index (χ3n) is 3.58. The summed E-state index contributed by atoms with van der Waals surface area (Å²) in [6.45, 7) is 0.979. The van der Waals surface area contributed by atoms with Crippen molar-refractivity contribution in [3.63, 3.8) is 0 Å². The van der Waals surface area contributed by atoms with E-state index in [2.05, 4.69) is 34.4 Å². The van der Waals surface area contributed by atoms with E-state index in [-0.39, 0.29) is 0 Å². The molecule has 3 heterocycles. The van der Waals surface area contributed by atoms with Gasteiger partial charge in [-0.2, -0.15) is 0 Å². The molecular weight excluding hydrogens is 230 g/mol. The second-order valence-electron chi connectivity index (χ2n) is 4.88. The van der Waals surface area contributed by atoms with Crippen LogP contribution in [-0.4, -0.2) is 29.5 Å². The molecule has 90 valence electrons. The van der Waals surface area contributed by atoms with Gasteiger partial charge in [0.05, 0.1) is 0 Å². The number of pyridine rings is 1. The normalized spacial score (nSPS) is 26.5. The highest BCUT2D eigenvalue weighted by Gasteiger charge is 2.25. The number of likely N-dealkylation sites (N-methyl/N-ethyl adjacent to an activating group) is 1. The molecule has 1 aliphatic rings. The number of nitrogens with zero attached hydrogens (tertiary/aromatic N) is 2. The van der Waals surface area contributed by atoms with Crippen LogP contribution in [0.4, 0.5) is 0 Å². The van der Waals surface area contributed by atoms with Gasteiger partial charge in [0.2, 0.25) is 0 Å². The van der Waals surface area contributed by atoms with Crippen molar-refractivity contribution < 1.29 is 0 Å². The molecule has 0 bridgehead atoms. The molecule has 2 unspecified atom stereocenters. The summed E-state index contributed by atoms with van der Waals surface area (Å²) in [7, 11) is 2.15. The van der Waals surface area contributed by atoms with Gasteiger partial charge in [-0.05, 0) is 43.0 Å². The van der Waals surface area contributed by atoms with E-state index in [0.717, 1.165) is 24.2 Å². The van der Waals surface area contributed by atoms with Gasteiger partial charge in [0.25, 0.3) is 0 Å². The first-order valence-corrected chi connectivity index (χ1v) is 6.91. The van der Waals surface area contributed by atoms with Crippen molar-refractivity contribution in [3.8, 4) is 0 Å². The molecule has 0 spiro atoms. The van der Waals surface area contributed by atoms with E-state index in [9.17, 15) is 0 Å². The molecule has 1 fully saturated rings. The molecule has 0 aliphatic carbocycles. The molecule has 2 N–H and O–H groups in total. The summed E-state index contributed by atoms with van der Waals surface area (Å²) < 4.78 is 0. The summed E-state index contributed by atoms with van der Waals surface area (Å²) in [6, 6.07) is 5.22. The van der Waals surface area contributed by atoms with Crippen LogP contribution in [0, 0.1) is 0 Å². The monoisotopic (exact) mass is 247 g/mol. The van der Waals surface area contributed by atoms with Crippen molar-refractivity contribution in [2.24, 2.45) is 5.73 Å². The Morgan fingerprint density at radius 1 is 1.47 bits per heavy atom. The standard InChI is InChI=1S/C13H17N3S/c1-16-8-11(14)2-3-12(16)10-6-9-4-5-17-13(9)15-7-10/h4-7,11-12H,2-3,8,14H2,1H3. The van der Waals surface area contributed by atoms with Gasteiger partial charge in [-0.1, -0.05) is 0 Å². The summed E-state index contributed by atoms with van der Waals surface area (Å²) >= 11 is 1.70. The first-order chi connectivity index (χ1) is 8.24. The molecule has 3 nitrogen and oxygen atoms in total. The van der Waals surface area contributed by atoms with E-state index < -0.39 is 0 Å². The average molecular weight is 247 g/mol. The van der Waals surface area contributed by atoms with Crippen molar-refractivity contribution in [3.05, 3.63) is 29.3 Å². The number of hydrogen-bond acceptors (Lipinski definition) is 4. The predicted molar refractivity (Wildman–Crippen MR) is 72.2 cm³/mol. The lowest BCUT2D eigenvalue weighted by Crippen LogP contribution is -2.42. The molecule has 2 aromatic heterocycles. The van der Waals surface area contributed by atoms with Gasteiger partial charge in [-0.3, -0.25) is 4.90 Å². The van der Waals surface area contributed by atoms with Crippen LogP contribution >= 0.6 is 11.3 Å². The fourth-order valence-electron chi connectivity index (χ4n) is 2.66. The summed E-state index contributed by atoms with van der Waals surface area (Å²) in [5.74, 6) is 0. The van der Waals surface area contributed by atoms with E-state index in [1.54, 1.807) is 11.3 Å². The molecule has 1 saturated heterocycles. The molecule has 2 aromatic rings. The lowest BCUT2D eigenvalue weighted by molar-refractivity contribution is 0.169. The molecule has 0 radical (unpaired) electrons. The summed E-state index contributed by atoms with van der Waals surface area (Å²) in [5.41, 5.74) is 7.31. The third-order valence-corrected chi connectivity index (χ3v) is 4.41. The molecule has 2 atom stereocenters. The second-order valence-corrected chi connectivity index (χ2v) is 5.77. The van der Waals surface area contributed by atoms with Gasteiger partial charge < -0.3 is 5.73 Å². The number of piperidine rings is 1. The first kappa shape index (κ1) is 11.1. The fourth-order valence-corrected chi connectivity index (χ4v) is 3.38. The lowest BCUT2D eigenvalue weighted by Gasteiger charge is -2.35. The topological polar surface area (TPSA) is 42.1 Å². The number of nitrogens with two attached hydrogens (primary N) is 1. The van der Waals surface area contributed by atoms with Crippen LogP contribution in [0.1, 0.15) is 24.4 Å². The van der Waals surface area contributed by atoms with Gasteiger partial charge in [-0.15, -0.1) is 11.3 Å². The quantitative estimate of drug-likeness (QED) is 0.841. The number of likely N-dealkylation sites (tertiary alicyclic amines) is 1. The largest absolute Gasteiger partial charge is 0.327 e. The first-order valence-electron chi connectivity index (χ1n) is 6.03. The maximum Gasteiger partial charge on any atom is 0.123 e. The van der Waals surface area contributed by atoms with Gasteiger partial charge >= 0.3 is 0 Å². The van der Waals surface area contributed by atoms with E-state index in [0.29, 0.717) is 12.1 Å². The number of rotatable bonds is 1. The molecule has 3 rings (SSSR count). The summed E-state index contributed by atoms with van der Waals surface area (Å²) in [4.78, 5) is 8.01. The van der Waals surface area contributed by atoms with Crippen molar-refractivity contribution in [2.45, 2.75) is 24.9 Å².